The highest BCUT2D eigenvalue weighted by atomic mass is 16.3. The van der Waals surface area contributed by atoms with Gasteiger partial charge in [-0.05, 0) is 32.4 Å². The molecule has 0 radical (unpaired) electrons. The summed E-state index contributed by atoms with van der Waals surface area (Å²) in [5.41, 5.74) is -0.0341. The monoisotopic (exact) mass is 228 g/mol. The number of nitrogens with zero attached hydrogens (tertiary/aromatic N) is 1. The Hall–Kier alpha value is -0.120. The van der Waals surface area contributed by atoms with Crippen molar-refractivity contribution in [1.82, 2.24) is 10.2 Å². The van der Waals surface area contributed by atoms with Crippen molar-refractivity contribution in [3.05, 3.63) is 0 Å². The lowest BCUT2D eigenvalue weighted by Gasteiger charge is -2.45. The van der Waals surface area contributed by atoms with Crippen molar-refractivity contribution in [2.45, 2.75) is 38.6 Å². The lowest BCUT2D eigenvalue weighted by Crippen LogP contribution is -2.58. The fourth-order valence-electron chi connectivity index (χ4n) is 2.82. The molecule has 2 N–H and O–H groups in total. The Balaban J connectivity index is 2.54. The van der Waals surface area contributed by atoms with Gasteiger partial charge in [-0.25, -0.2) is 0 Å². The van der Waals surface area contributed by atoms with Crippen LogP contribution in [0.25, 0.3) is 0 Å². The minimum atomic E-state index is -0.0341. The summed E-state index contributed by atoms with van der Waals surface area (Å²) in [5, 5.41) is 13.3. The standard InChI is InChI=1S/C13H28N2O/c1-11-6-5-7-13(10-16,12(11)2)14-8-9-15(3)4/h11-12,14,16H,5-10H2,1-4H3. The first-order valence-corrected chi connectivity index (χ1v) is 6.52. The smallest absolute Gasteiger partial charge is 0.0616 e. The average molecular weight is 228 g/mol. The Morgan fingerprint density at radius 1 is 1.38 bits per heavy atom. The predicted molar refractivity (Wildman–Crippen MR) is 68.6 cm³/mol. The number of nitrogens with one attached hydrogen (secondary N) is 1. The van der Waals surface area contributed by atoms with Gasteiger partial charge >= 0.3 is 0 Å². The van der Waals surface area contributed by atoms with Crippen LogP contribution in [-0.2, 0) is 0 Å². The van der Waals surface area contributed by atoms with Gasteiger partial charge in [0.15, 0.2) is 0 Å². The number of hydrogen-bond acceptors (Lipinski definition) is 3. The molecule has 3 nitrogen and oxygen atoms in total. The quantitative estimate of drug-likeness (QED) is 0.745. The van der Waals surface area contributed by atoms with Gasteiger partial charge in [0.25, 0.3) is 0 Å². The van der Waals surface area contributed by atoms with Crippen LogP contribution in [0.15, 0.2) is 0 Å². The summed E-state index contributed by atoms with van der Waals surface area (Å²) in [5.74, 6) is 1.28. The summed E-state index contributed by atoms with van der Waals surface area (Å²) in [4.78, 5) is 2.18. The lowest BCUT2D eigenvalue weighted by molar-refractivity contribution is 0.0443. The van der Waals surface area contributed by atoms with Gasteiger partial charge in [-0.3, -0.25) is 0 Å². The second-order valence-electron chi connectivity index (χ2n) is 5.70. The number of hydrogen-bond donors (Lipinski definition) is 2. The maximum Gasteiger partial charge on any atom is 0.0616 e. The molecule has 3 heteroatoms. The molecule has 1 aliphatic rings. The Labute approximate surface area is 100 Å². The lowest BCUT2D eigenvalue weighted by atomic mass is 9.68. The third-order valence-corrected chi connectivity index (χ3v) is 4.33. The predicted octanol–water partition coefficient (Wildman–Crippen LogP) is 1.32. The summed E-state index contributed by atoms with van der Waals surface area (Å²) in [6.45, 7) is 6.85. The zero-order valence-electron chi connectivity index (χ0n) is 11.3. The Kier molecular flexibility index (Phi) is 5.22. The van der Waals surface area contributed by atoms with Gasteiger partial charge in [0.05, 0.1) is 6.61 Å². The highest BCUT2D eigenvalue weighted by Crippen LogP contribution is 2.37. The molecule has 0 spiro atoms. The molecule has 0 aromatic carbocycles. The second-order valence-corrected chi connectivity index (χ2v) is 5.70. The summed E-state index contributed by atoms with van der Waals surface area (Å²) < 4.78 is 0. The summed E-state index contributed by atoms with van der Waals surface area (Å²) in [7, 11) is 4.17. The number of aliphatic hydroxyl groups is 1. The molecular formula is C13H28N2O. The molecule has 96 valence electrons. The van der Waals surface area contributed by atoms with E-state index in [1.807, 2.05) is 0 Å². The van der Waals surface area contributed by atoms with E-state index in [-0.39, 0.29) is 12.1 Å². The van der Waals surface area contributed by atoms with Crippen molar-refractivity contribution in [3.8, 4) is 0 Å². The molecule has 1 saturated carbocycles. The van der Waals surface area contributed by atoms with E-state index in [4.69, 9.17) is 0 Å². The fourth-order valence-corrected chi connectivity index (χ4v) is 2.82. The summed E-state index contributed by atoms with van der Waals surface area (Å²) >= 11 is 0. The van der Waals surface area contributed by atoms with Crippen LogP contribution < -0.4 is 5.32 Å². The number of rotatable bonds is 5. The third kappa shape index (κ3) is 3.19. The molecule has 3 atom stereocenters. The van der Waals surface area contributed by atoms with E-state index in [0.717, 1.165) is 19.5 Å². The molecule has 0 aromatic heterocycles. The van der Waals surface area contributed by atoms with Gasteiger partial charge in [0.1, 0.15) is 0 Å². The molecule has 0 aliphatic heterocycles. The van der Waals surface area contributed by atoms with Crippen molar-refractivity contribution in [2.24, 2.45) is 11.8 Å². The summed E-state index contributed by atoms with van der Waals surface area (Å²) in [6.07, 6.45) is 3.65. The molecule has 0 amide bonds. The van der Waals surface area contributed by atoms with Crippen molar-refractivity contribution < 1.29 is 5.11 Å². The molecule has 1 fully saturated rings. The molecule has 1 rings (SSSR count). The normalized spacial score (nSPS) is 35.6. The van der Waals surface area contributed by atoms with Gasteiger partial charge in [-0.1, -0.05) is 26.7 Å². The van der Waals surface area contributed by atoms with Crippen LogP contribution in [0.1, 0.15) is 33.1 Å². The Morgan fingerprint density at radius 2 is 2.06 bits per heavy atom. The highest BCUT2D eigenvalue weighted by molar-refractivity contribution is 4.97. The minimum Gasteiger partial charge on any atom is -0.394 e. The fraction of sp³-hybridized carbons (Fsp3) is 1.00. The summed E-state index contributed by atoms with van der Waals surface area (Å²) in [6, 6.07) is 0. The van der Waals surface area contributed by atoms with E-state index >= 15 is 0 Å². The molecule has 0 aromatic rings. The zero-order chi connectivity index (χ0) is 12.2. The zero-order valence-corrected chi connectivity index (χ0v) is 11.3. The second kappa shape index (κ2) is 5.99. The molecule has 1 aliphatic carbocycles. The minimum absolute atomic E-state index is 0.0341. The van der Waals surface area contributed by atoms with Gasteiger partial charge < -0.3 is 15.3 Å². The van der Waals surface area contributed by atoms with Gasteiger partial charge in [-0.2, -0.15) is 0 Å². The van der Waals surface area contributed by atoms with E-state index in [9.17, 15) is 5.11 Å². The van der Waals surface area contributed by atoms with Crippen LogP contribution in [0.2, 0.25) is 0 Å². The van der Waals surface area contributed by atoms with Gasteiger partial charge in [-0.15, -0.1) is 0 Å². The van der Waals surface area contributed by atoms with E-state index in [2.05, 4.69) is 38.2 Å². The van der Waals surface area contributed by atoms with Crippen LogP contribution in [-0.4, -0.2) is 49.3 Å². The molecule has 0 saturated heterocycles. The molecule has 3 unspecified atom stereocenters. The maximum atomic E-state index is 9.72. The highest BCUT2D eigenvalue weighted by Gasteiger charge is 2.40. The van der Waals surface area contributed by atoms with E-state index < -0.39 is 0 Å². The van der Waals surface area contributed by atoms with Crippen LogP contribution >= 0.6 is 0 Å². The van der Waals surface area contributed by atoms with E-state index in [1.54, 1.807) is 0 Å². The van der Waals surface area contributed by atoms with Crippen LogP contribution in [0.5, 0.6) is 0 Å². The molecule has 0 heterocycles. The Morgan fingerprint density at radius 3 is 2.62 bits per heavy atom. The number of aliphatic hydroxyl groups excluding tert-OH is 1. The van der Waals surface area contributed by atoms with E-state index in [1.165, 1.54) is 12.8 Å². The van der Waals surface area contributed by atoms with Crippen LogP contribution in [0.3, 0.4) is 0 Å². The molecular weight excluding hydrogens is 200 g/mol. The van der Waals surface area contributed by atoms with Crippen molar-refractivity contribution >= 4 is 0 Å². The molecule has 0 bridgehead atoms. The third-order valence-electron chi connectivity index (χ3n) is 4.33. The topological polar surface area (TPSA) is 35.5 Å². The van der Waals surface area contributed by atoms with Crippen LogP contribution in [0.4, 0.5) is 0 Å². The molecule has 16 heavy (non-hydrogen) atoms. The van der Waals surface area contributed by atoms with Crippen molar-refractivity contribution in [1.29, 1.82) is 0 Å². The first kappa shape index (κ1) is 13.9. The Bertz CT molecular complexity index is 208. The average Bonchev–Trinajstić information content (AvgIpc) is 2.24. The maximum absolute atomic E-state index is 9.72. The van der Waals surface area contributed by atoms with Gasteiger partial charge in [0.2, 0.25) is 0 Å². The van der Waals surface area contributed by atoms with Crippen LogP contribution in [0, 0.1) is 11.8 Å². The van der Waals surface area contributed by atoms with Crippen molar-refractivity contribution in [3.63, 3.8) is 0 Å². The first-order chi connectivity index (χ1) is 7.52. The number of likely N-dealkylation sites (N-methyl/N-ethyl adjacent to an activating group) is 1. The van der Waals surface area contributed by atoms with E-state index in [0.29, 0.717) is 11.8 Å². The van der Waals surface area contributed by atoms with Crippen molar-refractivity contribution in [2.75, 3.05) is 33.8 Å². The first-order valence-electron chi connectivity index (χ1n) is 6.52. The SMILES string of the molecule is CC1CCCC(CO)(NCCN(C)C)C1C. The van der Waals surface area contributed by atoms with Gasteiger partial charge in [0, 0.05) is 18.6 Å². The largest absolute Gasteiger partial charge is 0.394 e.